The van der Waals surface area contributed by atoms with Gasteiger partial charge in [-0.3, -0.25) is 0 Å². The molecule has 0 amide bonds. The number of hydrogen-bond acceptors (Lipinski definition) is 5. The second-order valence-corrected chi connectivity index (χ2v) is 4.50. The highest BCUT2D eigenvalue weighted by atomic mass is 16.6. The minimum atomic E-state index is 0.152. The summed E-state index contributed by atoms with van der Waals surface area (Å²) >= 11 is 0. The summed E-state index contributed by atoms with van der Waals surface area (Å²) in [6, 6.07) is 0. The molecule has 1 aliphatic rings. The van der Waals surface area contributed by atoms with E-state index in [1.165, 1.54) is 0 Å². The van der Waals surface area contributed by atoms with Gasteiger partial charge in [0.2, 0.25) is 0 Å². The van der Waals surface area contributed by atoms with Gasteiger partial charge < -0.3 is 14.8 Å². The molecule has 5 nitrogen and oxygen atoms in total. The third kappa shape index (κ3) is 2.92. The van der Waals surface area contributed by atoms with Gasteiger partial charge >= 0.3 is 0 Å². The Labute approximate surface area is 102 Å². The van der Waals surface area contributed by atoms with Crippen LogP contribution in [0, 0.1) is 0 Å². The Bertz CT molecular complexity index is 378. The fourth-order valence-electron chi connectivity index (χ4n) is 1.55. The molecule has 1 aromatic rings. The molecule has 1 aliphatic heterocycles. The second-order valence-electron chi connectivity index (χ2n) is 4.50. The van der Waals surface area contributed by atoms with E-state index < -0.39 is 0 Å². The lowest BCUT2D eigenvalue weighted by molar-refractivity contribution is -0.0803. The van der Waals surface area contributed by atoms with Crippen LogP contribution in [0.5, 0.6) is 5.75 Å². The van der Waals surface area contributed by atoms with E-state index in [4.69, 9.17) is 9.47 Å². The van der Waals surface area contributed by atoms with E-state index in [0.717, 1.165) is 17.3 Å². The van der Waals surface area contributed by atoms with Gasteiger partial charge in [-0.15, -0.1) is 0 Å². The van der Waals surface area contributed by atoms with Gasteiger partial charge in [-0.2, -0.15) is 0 Å². The monoisotopic (exact) mass is 237 g/mol. The van der Waals surface area contributed by atoms with E-state index in [-0.39, 0.29) is 6.10 Å². The maximum absolute atomic E-state index is 5.78. The summed E-state index contributed by atoms with van der Waals surface area (Å²) in [6.45, 7) is 6.17. The Kier molecular flexibility index (Phi) is 3.91. The van der Waals surface area contributed by atoms with E-state index in [9.17, 15) is 0 Å². The number of aromatic nitrogens is 2. The van der Waals surface area contributed by atoms with Gasteiger partial charge in [0, 0.05) is 12.5 Å². The van der Waals surface area contributed by atoms with Crippen LogP contribution in [0.1, 0.15) is 31.3 Å². The van der Waals surface area contributed by atoms with Crippen LogP contribution in [0.4, 0.5) is 0 Å². The first-order valence-corrected chi connectivity index (χ1v) is 5.95. The zero-order chi connectivity index (χ0) is 12.3. The van der Waals surface area contributed by atoms with Gasteiger partial charge in [-0.1, -0.05) is 13.8 Å². The van der Waals surface area contributed by atoms with Crippen LogP contribution in [0.25, 0.3) is 0 Å². The predicted octanol–water partition coefficient (Wildman–Crippen LogP) is 1.10. The highest BCUT2D eigenvalue weighted by molar-refractivity contribution is 5.25. The third-order valence-corrected chi connectivity index (χ3v) is 2.61. The van der Waals surface area contributed by atoms with Crippen LogP contribution in [0.3, 0.4) is 0 Å². The Hall–Kier alpha value is -1.20. The Morgan fingerprint density at radius 2 is 2.29 bits per heavy atom. The number of ether oxygens (including phenoxy) is 2. The van der Waals surface area contributed by atoms with Crippen molar-refractivity contribution in [1.29, 1.82) is 0 Å². The predicted molar refractivity (Wildman–Crippen MR) is 64.1 cm³/mol. The molecule has 0 atom stereocenters. The molecule has 0 aromatic carbocycles. The topological polar surface area (TPSA) is 56.3 Å². The molecule has 17 heavy (non-hydrogen) atoms. The number of nitrogens with one attached hydrogen (secondary N) is 1. The minimum Gasteiger partial charge on any atom is -0.482 e. The fraction of sp³-hybridized carbons (Fsp3) is 0.667. The van der Waals surface area contributed by atoms with Crippen LogP contribution in [0.2, 0.25) is 0 Å². The lowest BCUT2D eigenvalue weighted by Gasteiger charge is -2.27. The number of nitrogens with zero attached hydrogens (tertiary/aromatic N) is 2. The number of rotatable bonds is 5. The first-order valence-electron chi connectivity index (χ1n) is 5.95. The highest BCUT2D eigenvalue weighted by Crippen LogP contribution is 2.21. The summed E-state index contributed by atoms with van der Waals surface area (Å²) in [5.41, 5.74) is 0.915. The second kappa shape index (κ2) is 5.42. The van der Waals surface area contributed by atoms with Gasteiger partial charge in [-0.05, 0) is 7.05 Å². The molecule has 5 heteroatoms. The van der Waals surface area contributed by atoms with Gasteiger partial charge in [0.25, 0.3) is 0 Å². The smallest absolute Gasteiger partial charge is 0.161 e. The highest BCUT2D eigenvalue weighted by Gasteiger charge is 2.22. The maximum Gasteiger partial charge on any atom is 0.161 e. The zero-order valence-corrected chi connectivity index (χ0v) is 10.6. The normalized spacial score (nSPS) is 16.0. The van der Waals surface area contributed by atoms with Crippen molar-refractivity contribution < 1.29 is 9.47 Å². The van der Waals surface area contributed by atoms with Crippen molar-refractivity contribution in [1.82, 2.24) is 15.3 Å². The van der Waals surface area contributed by atoms with Crippen LogP contribution in [-0.2, 0) is 11.3 Å². The molecule has 1 aromatic heterocycles. The first kappa shape index (κ1) is 12.3. The molecule has 0 saturated carbocycles. The largest absolute Gasteiger partial charge is 0.482 e. The molecule has 94 valence electrons. The third-order valence-electron chi connectivity index (χ3n) is 2.61. The molecule has 1 fully saturated rings. The first-order chi connectivity index (χ1) is 8.20. The van der Waals surface area contributed by atoms with Crippen molar-refractivity contribution in [3.63, 3.8) is 0 Å². The van der Waals surface area contributed by atoms with E-state index in [1.54, 1.807) is 6.20 Å². The van der Waals surface area contributed by atoms with Crippen molar-refractivity contribution in [3.05, 3.63) is 17.7 Å². The summed E-state index contributed by atoms with van der Waals surface area (Å²) in [5.74, 6) is 1.94. The Balaban J connectivity index is 2.17. The van der Waals surface area contributed by atoms with Crippen molar-refractivity contribution in [2.45, 2.75) is 32.4 Å². The van der Waals surface area contributed by atoms with Crippen LogP contribution in [0.15, 0.2) is 6.20 Å². The Morgan fingerprint density at radius 3 is 2.82 bits per heavy atom. The van der Waals surface area contributed by atoms with E-state index in [1.807, 2.05) is 7.05 Å². The van der Waals surface area contributed by atoms with Crippen molar-refractivity contribution >= 4 is 0 Å². The van der Waals surface area contributed by atoms with Crippen molar-refractivity contribution in [2.24, 2.45) is 0 Å². The van der Waals surface area contributed by atoms with Crippen molar-refractivity contribution in [3.8, 4) is 5.75 Å². The molecule has 0 bridgehead atoms. The Morgan fingerprint density at radius 1 is 1.53 bits per heavy atom. The molecule has 2 rings (SSSR count). The number of hydrogen-bond donors (Lipinski definition) is 1. The summed E-state index contributed by atoms with van der Waals surface area (Å²) in [5, 5.41) is 3.10. The summed E-state index contributed by atoms with van der Waals surface area (Å²) in [6.07, 6.45) is 1.92. The quantitative estimate of drug-likeness (QED) is 0.831. The van der Waals surface area contributed by atoms with Crippen molar-refractivity contribution in [2.75, 3.05) is 20.3 Å². The van der Waals surface area contributed by atoms with E-state index in [2.05, 4.69) is 29.1 Å². The van der Waals surface area contributed by atoms with Gasteiger partial charge in [0.05, 0.1) is 25.1 Å². The zero-order valence-electron chi connectivity index (χ0n) is 10.6. The maximum atomic E-state index is 5.78. The molecule has 2 heterocycles. The summed E-state index contributed by atoms with van der Waals surface area (Å²) in [4.78, 5) is 8.86. The lowest BCUT2D eigenvalue weighted by Crippen LogP contribution is -2.39. The van der Waals surface area contributed by atoms with Gasteiger partial charge in [0.15, 0.2) is 5.75 Å². The molecule has 0 aliphatic carbocycles. The average molecular weight is 237 g/mol. The lowest BCUT2D eigenvalue weighted by atomic mass is 10.2. The van der Waals surface area contributed by atoms with E-state index >= 15 is 0 Å². The summed E-state index contributed by atoms with van der Waals surface area (Å²) < 4.78 is 10.9. The summed E-state index contributed by atoms with van der Waals surface area (Å²) in [7, 11) is 1.90. The van der Waals surface area contributed by atoms with Gasteiger partial charge in [0.1, 0.15) is 11.9 Å². The molecular weight excluding hydrogens is 218 g/mol. The molecule has 1 saturated heterocycles. The van der Waals surface area contributed by atoms with Gasteiger partial charge in [-0.25, -0.2) is 9.97 Å². The molecular formula is C12H19N3O2. The molecule has 0 radical (unpaired) electrons. The average Bonchev–Trinajstić information content (AvgIpc) is 2.25. The molecule has 1 N–H and O–H groups in total. The molecule has 0 unspecified atom stereocenters. The minimum absolute atomic E-state index is 0.152. The SMILES string of the molecule is CNCc1nc(C(C)C)ncc1OC1COC1. The molecule has 0 spiro atoms. The van der Waals surface area contributed by atoms with Crippen LogP contribution in [-0.4, -0.2) is 36.3 Å². The van der Waals surface area contributed by atoms with E-state index in [0.29, 0.717) is 25.7 Å². The fourth-order valence-corrected chi connectivity index (χ4v) is 1.55. The van der Waals surface area contributed by atoms with Crippen LogP contribution >= 0.6 is 0 Å². The van der Waals surface area contributed by atoms with Crippen LogP contribution < -0.4 is 10.1 Å². The standard InChI is InChI=1S/C12H19N3O2/c1-8(2)12-14-5-11(10(15-12)4-13-3)17-9-6-16-7-9/h5,8-9,13H,4,6-7H2,1-3H3.